The molecule has 2 aromatic carbocycles. The van der Waals surface area contributed by atoms with Gasteiger partial charge in [-0.3, -0.25) is 4.90 Å². The van der Waals surface area contributed by atoms with E-state index in [0.717, 1.165) is 86.1 Å². The summed E-state index contributed by atoms with van der Waals surface area (Å²) in [6, 6.07) is 11.0. The van der Waals surface area contributed by atoms with Crippen molar-refractivity contribution in [2.75, 3.05) is 50.8 Å². The maximum atomic E-state index is 16.7. The maximum Gasteiger partial charge on any atom is 0.319 e. The van der Waals surface area contributed by atoms with E-state index in [1.165, 1.54) is 0 Å². The number of benzene rings is 2. The van der Waals surface area contributed by atoms with Crippen molar-refractivity contribution in [1.29, 1.82) is 0 Å². The fourth-order valence-corrected chi connectivity index (χ4v) is 7.25. The number of likely N-dealkylation sites (tertiary alicyclic amines) is 1. The number of H-pyrrole nitrogens is 1. The van der Waals surface area contributed by atoms with Crippen LogP contribution in [0.2, 0.25) is 0 Å². The summed E-state index contributed by atoms with van der Waals surface area (Å²) >= 11 is 0. The fourth-order valence-electron chi connectivity index (χ4n) is 7.25. The first-order valence-electron chi connectivity index (χ1n) is 15.4. The molecule has 3 aliphatic heterocycles. The molecule has 9 nitrogen and oxygen atoms in total. The second-order valence-electron chi connectivity index (χ2n) is 12.0. The van der Waals surface area contributed by atoms with Gasteiger partial charge in [-0.15, -0.1) is 0 Å². The Morgan fingerprint density at radius 3 is 2.74 bits per heavy atom. The molecule has 2 aromatic heterocycles. The summed E-state index contributed by atoms with van der Waals surface area (Å²) in [5.74, 6) is 0.356. The fraction of sp³-hybridized carbons (Fsp3) is 0.500. The first-order chi connectivity index (χ1) is 20.6. The number of aliphatic hydroxyl groups is 1. The predicted octanol–water partition coefficient (Wildman–Crippen LogP) is 3.58. The zero-order valence-electron chi connectivity index (χ0n) is 24.0. The lowest BCUT2D eigenvalue weighted by Gasteiger charge is -2.34. The standard InChI is InChI=1S/C32H40FN7O2/c33-29-24(26-16-35-27-6-1-4-20(11-15-41)28(26)27)9-10-25-30(29)37-32(42-19-23-5-2-13-39(23)14-3-12-34)38-31(25)40-17-21-7-8-22(18-40)36-21/h1,4,6,9-10,16,21-23,35-36,41H,2-3,5,7-8,11-15,17-19,34H2/t21?,22?,23-/m0/s1. The topological polar surface area (TPSA) is 116 Å². The highest BCUT2D eigenvalue weighted by Gasteiger charge is 2.34. The molecule has 3 atom stereocenters. The molecule has 0 radical (unpaired) electrons. The number of anilines is 1. The molecule has 42 heavy (non-hydrogen) atoms. The van der Waals surface area contributed by atoms with Crippen molar-refractivity contribution < 1.29 is 14.2 Å². The van der Waals surface area contributed by atoms with Crippen LogP contribution >= 0.6 is 0 Å². The number of aromatic amines is 1. The average Bonchev–Trinajstić information content (AvgIpc) is 3.73. The van der Waals surface area contributed by atoms with Crippen molar-refractivity contribution in [1.82, 2.24) is 25.2 Å². The Labute approximate surface area is 245 Å². The average molecular weight is 574 g/mol. The highest BCUT2D eigenvalue weighted by molar-refractivity contribution is 6.01. The third kappa shape index (κ3) is 5.10. The Kier molecular flexibility index (Phi) is 7.70. The zero-order valence-corrected chi connectivity index (χ0v) is 24.0. The Bertz CT molecular complexity index is 1560. The molecular formula is C32H40FN7O2. The Hall–Kier alpha value is -3.31. The van der Waals surface area contributed by atoms with Gasteiger partial charge in [-0.1, -0.05) is 18.2 Å². The van der Waals surface area contributed by atoms with Gasteiger partial charge in [0.1, 0.15) is 17.9 Å². The van der Waals surface area contributed by atoms with Crippen LogP contribution in [-0.2, 0) is 6.42 Å². The van der Waals surface area contributed by atoms with Crippen LogP contribution in [0.25, 0.3) is 32.9 Å². The van der Waals surface area contributed by atoms with E-state index in [0.29, 0.717) is 42.6 Å². The van der Waals surface area contributed by atoms with Gasteiger partial charge in [-0.2, -0.15) is 9.97 Å². The number of hydrogen-bond acceptors (Lipinski definition) is 8. The molecule has 10 heteroatoms. The summed E-state index contributed by atoms with van der Waals surface area (Å²) in [4.78, 5) is 17.6. The summed E-state index contributed by atoms with van der Waals surface area (Å²) in [7, 11) is 0. The molecule has 3 saturated heterocycles. The highest BCUT2D eigenvalue weighted by Crippen LogP contribution is 2.38. The number of nitrogens with one attached hydrogen (secondary N) is 2. The van der Waals surface area contributed by atoms with Crippen LogP contribution in [0.3, 0.4) is 0 Å². The van der Waals surface area contributed by atoms with Crippen LogP contribution in [0.5, 0.6) is 6.01 Å². The normalized spacial score (nSPS) is 22.5. The third-order valence-electron chi connectivity index (χ3n) is 9.30. The number of halogens is 1. The van der Waals surface area contributed by atoms with E-state index < -0.39 is 0 Å². The monoisotopic (exact) mass is 573 g/mol. The number of hydrogen-bond donors (Lipinski definition) is 4. The van der Waals surface area contributed by atoms with Crippen molar-refractivity contribution in [2.24, 2.45) is 5.73 Å². The smallest absolute Gasteiger partial charge is 0.319 e. The van der Waals surface area contributed by atoms with Gasteiger partial charge in [0.25, 0.3) is 0 Å². The van der Waals surface area contributed by atoms with Gasteiger partial charge in [0.05, 0.1) is 0 Å². The van der Waals surface area contributed by atoms with E-state index >= 15 is 4.39 Å². The second kappa shape index (κ2) is 11.8. The van der Waals surface area contributed by atoms with Gasteiger partial charge in [0.2, 0.25) is 0 Å². The Morgan fingerprint density at radius 2 is 1.93 bits per heavy atom. The zero-order chi connectivity index (χ0) is 28.6. The molecule has 4 aromatic rings. The SMILES string of the molecule is NCCCN1CCC[C@H]1COc1nc(N2CC3CCC(C2)N3)c2ccc(-c3c[nH]c4cccc(CCO)c34)c(F)c2n1. The Morgan fingerprint density at radius 1 is 1.07 bits per heavy atom. The summed E-state index contributed by atoms with van der Waals surface area (Å²) in [5.41, 5.74) is 9.16. The number of nitrogens with zero attached hydrogens (tertiary/aromatic N) is 4. The molecule has 7 rings (SSSR count). The number of piperazine rings is 1. The van der Waals surface area contributed by atoms with Crippen LogP contribution in [0.1, 0.15) is 37.7 Å². The molecule has 5 heterocycles. The number of ether oxygens (including phenoxy) is 1. The molecular weight excluding hydrogens is 533 g/mol. The molecule has 222 valence electrons. The minimum Gasteiger partial charge on any atom is -0.462 e. The van der Waals surface area contributed by atoms with E-state index in [9.17, 15) is 5.11 Å². The van der Waals surface area contributed by atoms with Gasteiger partial charge < -0.3 is 30.8 Å². The van der Waals surface area contributed by atoms with Crippen molar-refractivity contribution in [2.45, 2.75) is 56.7 Å². The largest absolute Gasteiger partial charge is 0.462 e. The van der Waals surface area contributed by atoms with Crippen molar-refractivity contribution in [3.05, 3.63) is 47.9 Å². The summed E-state index contributed by atoms with van der Waals surface area (Å²) in [6.07, 6.45) is 7.77. The molecule has 2 unspecified atom stereocenters. The first kappa shape index (κ1) is 27.5. The van der Waals surface area contributed by atoms with Crippen LogP contribution in [0.15, 0.2) is 36.5 Å². The van der Waals surface area contributed by atoms with Gasteiger partial charge in [-0.25, -0.2) is 4.39 Å². The van der Waals surface area contributed by atoms with E-state index in [1.807, 2.05) is 36.5 Å². The van der Waals surface area contributed by atoms with Crippen molar-refractivity contribution >= 4 is 27.6 Å². The molecule has 5 N–H and O–H groups in total. The molecule has 0 amide bonds. The van der Waals surface area contributed by atoms with E-state index in [4.69, 9.17) is 20.4 Å². The number of aromatic nitrogens is 3. The molecule has 0 saturated carbocycles. The number of aliphatic hydroxyl groups excluding tert-OH is 1. The van der Waals surface area contributed by atoms with E-state index in [1.54, 1.807) is 0 Å². The minimum atomic E-state index is -0.385. The summed E-state index contributed by atoms with van der Waals surface area (Å²) in [6.45, 7) is 4.82. The van der Waals surface area contributed by atoms with Crippen LogP contribution < -0.4 is 20.7 Å². The van der Waals surface area contributed by atoms with Crippen molar-refractivity contribution in [3.63, 3.8) is 0 Å². The molecule has 3 aliphatic rings. The molecule has 0 spiro atoms. The van der Waals surface area contributed by atoms with Gasteiger partial charge in [-0.05, 0) is 75.9 Å². The van der Waals surface area contributed by atoms with Crippen LogP contribution in [0.4, 0.5) is 10.2 Å². The maximum absolute atomic E-state index is 16.7. The Balaban J connectivity index is 1.29. The molecule has 2 bridgehead atoms. The van der Waals surface area contributed by atoms with Gasteiger partial charge >= 0.3 is 6.01 Å². The van der Waals surface area contributed by atoms with E-state index in [2.05, 4.69) is 20.1 Å². The lowest BCUT2D eigenvalue weighted by Crippen LogP contribution is -2.51. The number of rotatable bonds is 10. The van der Waals surface area contributed by atoms with Gasteiger partial charge in [0.15, 0.2) is 5.82 Å². The quantitative estimate of drug-likeness (QED) is 0.228. The van der Waals surface area contributed by atoms with Gasteiger partial charge in [0, 0.05) is 71.4 Å². The summed E-state index contributed by atoms with van der Waals surface area (Å²) < 4.78 is 22.9. The lowest BCUT2D eigenvalue weighted by molar-refractivity contribution is 0.164. The predicted molar refractivity (Wildman–Crippen MR) is 163 cm³/mol. The highest BCUT2D eigenvalue weighted by atomic mass is 19.1. The van der Waals surface area contributed by atoms with Crippen LogP contribution in [-0.4, -0.2) is 89.0 Å². The second-order valence-corrected chi connectivity index (χ2v) is 12.0. The number of fused-ring (bicyclic) bond motifs is 4. The lowest BCUT2D eigenvalue weighted by atomic mass is 9.97. The first-order valence-corrected chi connectivity index (χ1v) is 15.4. The summed E-state index contributed by atoms with van der Waals surface area (Å²) in [5, 5.41) is 15.0. The third-order valence-corrected chi connectivity index (χ3v) is 9.30. The van der Waals surface area contributed by atoms with E-state index in [-0.39, 0.29) is 30.0 Å². The van der Waals surface area contributed by atoms with Crippen molar-refractivity contribution in [3.8, 4) is 17.1 Å². The minimum absolute atomic E-state index is 0.0263. The van der Waals surface area contributed by atoms with Crippen LogP contribution in [0, 0.1) is 5.82 Å². The molecule has 3 fully saturated rings. The number of nitrogens with two attached hydrogens (primary N) is 1. The molecule has 0 aliphatic carbocycles.